The number of hydrogen-bond acceptors (Lipinski definition) is 5. The zero-order valence-corrected chi connectivity index (χ0v) is 17.4. The van der Waals surface area contributed by atoms with Gasteiger partial charge in [0.05, 0.1) is 6.61 Å². The maximum absolute atomic E-state index is 13.4. The van der Waals surface area contributed by atoms with E-state index in [-0.39, 0.29) is 6.61 Å². The van der Waals surface area contributed by atoms with E-state index in [2.05, 4.69) is 0 Å². The number of carbonyl (C=O) groups is 2. The minimum atomic E-state index is -1.15. The number of ether oxygens (including phenoxy) is 3. The Hall–Kier alpha value is -3.87. The number of amides is 1. The molecule has 3 aromatic rings. The van der Waals surface area contributed by atoms with Crippen LogP contribution in [-0.4, -0.2) is 24.8 Å². The van der Waals surface area contributed by atoms with Gasteiger partial charge in [-0.25, -0.2) is 14.0 Å². The van der Waals surface area contributed by atoms with E-state index in [9.17, 15) is 14.0 Å². The van der Waals surface area contributed by atoms with Gasteiger partial charge in [0, 0.05) is 5.69 Å². The van der Waals surface area contributed by atoms with Crippen LogP contribution >= 0.6 is 0 Å². The van der Waals surface area contributed by atoms with Crippen LogP contribution in [0.25, 0.3) is 0 Å². The Bertz CT molecular complexity index is 1070. The largest absolute Gasteiger partial charge is 0.489 e. The average molecular weight is 435 g/mol. The standard InChI is InChI=1S/C25H22FNO5/c1-2-30-24(28)23-22(27(25(29)32-23)20-12-10-19(26)11-13-20)18-8-14-21(15-9-18)31-16-17-6-4-3-5-7-17/h3-15,22-23H,2,16H2,1H3/t22-,23+/m0/s1. The first kappa shape index (κ1) is 21.4. The van der Waals surface area contributed by atoms with Gasteiger partial charge in [-0.05, 0) is 54.4 Å². The van der Waals surface area contributed by atoms with Gasteiger partial charge in [0.15, 0.2) is 0 Å². The van der Waals surface area contributed by atoms with E-state index >= 15 is 0 Å². The zero-order valence-electron chi connectivity index (χ0n) is 17.4. The molecule has 32 heavy (non-hydrogen) atoms. The predicted octanol–water partition coefficient (Wildman–Crippen LogP) is 5.03. The number of rotatable bonds is 7. The lowest BCUT2D eigenvalue weighted by atomic mass is 10.00. The summed E-state index contributed by atoms with van der Waals surface area (Å²) in [7, 11) is 0. The molecule has 1 saturated heterocycles. The average Bonchev–Trinajstić information content (AvgIpc) is 3.16. The maximum atomic E-state index is 13.4. The van der Waals surface area contributed by atoms with Crippen molar-refractivity contribution < 1.29 is 28.2 Å². The molecule has 0 aromatic heterocycles. The summed E-state index contributed by atoms with van der Waals surface area (Å²) < 4.78 is 29.7. The fourth-order valence-electron chi connectivity index (χ4n) is 3.57. The normalized spacial score (nSPS) is 17.7. The Balaban J connectivity index is 1.60. The molecule has 0 radical (unpaired) electrons. The fourth-order valence-corrected chi connectivity index (χ4v) is 3.57. The predicted molar refractivity (Wildman–Crippen MR) is 116 cm³/mol. The Morgan fingerprint density at radius 3 is 2.34 bits per heavy atom. The SMILES string of the molecule is CCOC(=O)[C@@H]1OC(=O)N(c2ccc(F)cc2)[C@H]1c1ccc(OCc2ccccc2)cc1. The van der Waals surface area contributed by atoms with Crippen molar-refractivity contribution in [2.75, 3.05) is 11.5 Å². The summed E-state index contributed by atoms with van der Waals surface area (Å²) in [5.41, 5.74) is 2.11. The van der Waals surface area contributed by atoms with Crippen LogP contribution in [0.1, 0.15) is 24.1 Å². The molecule has 0 unspecified atom stereocenters. The summed E-state index contributed by atoms with van der Waals surface area (Å²) in [5.74, 6) is -0.427. The molecule has 0 bridgehead atoms. The van der Waals surface area contributed by atoms with Crippen LogP contribution < -0.4 is 9.64 Å². The van der Waals surface area contributed by atoms with Gasteiger partial charge in [-0.3, -0.25) is 4.90 Å². The van der Waals surface area contributed by atoms with Crippen LogP contribution in [0.5, 0.6) is 5.75 Å². The molecular weight excluding hydrogens is 413 g/mol. The van der Waals surface area contributed by atoms with Crippen molar-refractivity contribution in [2.24, 2.45) is 0 Å². The summed E-state index contributed by atoms with van der Waals surface area (Å²) in [4.78, 5) is 26.5. The number of anilines is 1. The highest BCUT2D eigenvalue weighted by atomic mass is 19.1. The molecule has 7 heteroatoms. The summed E-state index contributed by atoms with van der Waals surface area (Å²) in [6.07, 6.45) is -1.85. The fraction of sp³-hybridized carbons (Fsp3) is 0.200. The van der Waals surface area contributed by atoms with Crippen molar-refractivity contribution in [1.29, 1.82) is 0 Å². The molecule has 6 nitrogen and oxygen atoms in total. The van der Waals surface area contributed by atoms with Gasteiger partial charge in [0.2, 0.25) is 6.10 Å². The zero-order chi connectivity index (χ0) is 22.5. The van der Waals surface area contributed by atoms with Crippen LogP contribution in [0, 0.1) is 5.82 Å². The first-order valence-corrected chi connectivity index (χ1v) is 10.3. The van der Waals surface area contributed by atoms with E-state index in [0.717, 1.165) is 5.56 Å². The van der Waals surface area contributed by atoms with Crippen LogP contribution in [0.4, 0.5) is 14.9 Å². The molecule has 1 amide bonds. The number of benzene rings is 3. The van der Waals surface area contributed by atoms with E-state index < -0.39 is 30.0 Å². The first-order chi connectivity index (χ1) is 15.6. The molecule has 0 aliphatic carbocycles. The lowest BCUT2D eigenvalue weighted by Gasteiger charge is -2.24. The molecule has 164 valence electrons. The molecule has 4 rings (SSSR count). The van der Waals surface area contributed by atoms with Crippen molar-refractivity contribution in [3.63, 3.8) is 0 Å². The number of esters is 1. The second-order valence-corrected chi connectivity index (χ2v) is 7.19. The molecule has 1 fully saturated rings. The van der Waals surface area contributed by atoms with Crippen molar-refractivity contribution in [3.8, 4) is 5.75 Å². The summed E-state index contributed by atoms with van der Waals surface area (Å²) in [6.45, 7) is 2.25. The summed E-state index contributed by atoms with van der Waals surface area (Å²) in [6, 6.07) is 21.5. The third-order valence-electron chi connectivity index (χ3n) is 5.08. The van der Waals surface area contributed by atoms with Crippen LogP contribution in [0.2, 0.25) is 0 Å². The number of cyclic esters (lactones) is 1. The van der Waals surface area contributed by atoms with E-state index in [4.69, 9.17) is 14.2 Å². The van der Waals surface area contributed by atoms with Crippen molar-refractivity contribution >= 4 is 17.7 Å². The third-order valence-corrected chi connectivity index (χ3v) is 5.08. The van der Waals surface area contributed by atoms with Crippen molar-refractivity contribution in [3.05, 3.63) is 95.8 Å². The number of nitrogens with zero attached hydrogens (tertiary/aromatic N) is 1. The Labute approximate surface area is 185 Å². The number of hydrogen-bond donors (Lipinski definition) is 0. The Morgan fingerprint density at radius 1 is 1.00 bits per heavy atom. The molecule has 0 N–H and O–H groups in total. The maximum Gasteiger partial charge on any atom is 0.415 e. The minimum Gasteiger partial charge on any atom is -0.489 e. The molecule has 1 aliphatic heterocycles. The topological polar surface area (TPSA) is 65.1 Å². The van der Waals surface area contributed by atoms with Crippen molar-refractivity contribution in [1.82, 2.24) is 0 Å². The molecule has 0 saturated carbocycles. The van der Waals surface area contributed by atoms with Gasteiger partial charge in [0.25, 0.3) is 0 Å². The smallest absolute Gasteiger partial charge is 0.415 e. The quantitative estimate of drug-likeness (QED) is 0.487. The van der Waals surface area contributed by atoms with Gasteiger partial charge in [-0.15, -0.1) is 0 Å². The number of carbonyl (C=O) groups excluding carboxylic acids is 2. The molecule has 3 aromatic carbocycles. The van der Waals surface area contributed by atoms with Gasteiger partial charge < -0.3 is 14.2 Å². The second-order valence-electron chi connectivity index (χ2n) is 7.19. The first-order valence-electron chi connectivity index (χ1n) is 10.3. The summed E-state index contributed by atoms with van der Waals surface area (Å²) in [5, 5.41) is 0. The molecule has 1 heterocycles. The van der Waals surface area contributed by atoms with Crippen LogP contribution in [0.3, 0.4) is 0 Å². The highest BCUT2D eigenvalue weighted by molar-refractivity contribution is 5.95. The molecule has 1 aliphatic rings. The van der Waals surface area contributed by atoms with E-state index in [1.54, 1.807) is 31.2 Å². The lowest BCUT2D eigenvalue weighted by molar-refractivity contribution is -0.152. The highest BCUT2D eigenvalue weighted by Gasteiger charge is 2.48. The van der Waals surface area contributed by atoms with Crippen LogP contribution in [-0.2, 0) is 20.9 Å². The van der Waals surface area contributed by atoms with Gasteiger partial charge in [0.1, 0.15) is 24.2 Å². The highest BCUT2D eigenvalue weighted by Crippen LogP contribution is 2.38. The monoisotopic (exact) mass is 435 g/mol. The number of halogens is 1. The molecular formula is C25H22FNO5. The van der Waals surface area contributed by atoms with E-state index in [0.29, 0.717) is 23.6 Å². The summed E-state index contributed by atoms with van der Waals surface area (Å²) >= 11 is 0. The van der Waals surface area contributed by atoms with Gasteiger partial charge in [-0.2, -0.15) is 0 Å². The third kappa shape index (κ3) is 4.56. The lowest BCUT2D eigenvalue weighted by Crippen LogP contribution is -2.33. The minimum absolute atomic E-state index is 0.155. The van der Waals surface area contributed by atoms with Gasteiger partial charge in [-0.1, -0.05) is 42.5 Å². The van der Waals surface area contributed by atoms with E-state index in [1.165, 1.54) is 29.2 Å². The van der Waals surface area contributed by atoms with Gasteiger partial charge >= 0.3 is 12.1 Å². The van der Waals surface area contributed by atoms with Crippen molar-refractivity contribution in [2.45, 2.75) is 25.7 Å². The molecule has 2 atom stereocenters. The molecule has 0 spiro atoms. The Kier molecular flexibility index (Phi) is 6.35. The Morgan fingerprint density at radius 2 is 1.69 bits per heavy atom. The second kappa shape index (κ2) is 9.51. The van der Waals surface area contributed by atoms with Crippen LogP contribution in [0.15, 0.2) is 78.9 Å². The van der Waals surface area contributed by atoms with E-state index in [1.807, 2.05) is 30.3 Å².